The van der Waals surface area contributed by atoms with Crippen molar-refractivity contribution in [3.63, 3.8) is 0 Å². The highest BCUT2D eigenvalue weighted by Gasteiger charge is 2.09. The second-order valence-corrected chi connectivity index (χ2v) is 3.24. The molecule has 0 heterocycles. The Hall–Kier alpha value is -0.610. The van der Waals surface area contributed by atoms with Gasteiger partial charge in [-0.15, -0.1) is 0 Å². The molecule has 0 aromatic rings. The van der Waals surface area contributed by atoms with E-state index < -0.39 is 0 Å². The van der Waals surface area contributed by atoms with Crippen LogP contribution in [0.5, 0.6) is 0 Å². The van der Waals surface area contributed by atoms with Crippen LogP contribution in [0.3, 0.4) is 0 Å². The summed E-state index contributed by atoms with van der Waals surface area (Å²) in [6.07, 6.45) is -0.362. The molecule has 1 amide bonds. The Bertz CT molecular complexity index is 149. The summed E-state index contributed by atoms with van der Waals surface area (Å²) < 4.78 is 5.27. The molecular weight excluding hydrogens is 168 g/mol. The average Bonchev–Trinajstić information content (AvgIpc) is 2.10. The van der Waals surface area contributed by atoms with E-state index in [1.54, 1.807) is 14.0 Å². The summed E-state index contributed by atoms with van der Waals surface area (Å²) in [5, 5.41) is 5.73. The average molecular weight is 188 g/mol. The number of ether oxygens (including phenoxy) is 1. The van der Waals surface area contributed by atoms with Crippen molar-refractivity contribution in [1.29, 1.82) is 0 Å². The normalized spacial score (nSPS) is 13.0. The molecule has 0 fully saturated rings. The van der Waals surface area contributed by atoms with Crippen LogP contribution >= 0.6 is 0 Å². The topological polar surface area (TPSA) is 50.4 Å². The zero-order valence-electron chi connectivity index (χ0n) is 8.89. The van der Waals surface area contributed by atoms with E-state index in [2.05, 4.69) is 24.5 Å². The molecule has 1 atom stereocenters. The van der Waals surface area contributed by atoms with Gasteiger partial charge in [0.25, 0.3) is 0 Å². The van der Waals surface area contributed by atoms with Gasteiger partial charge in [0.15, 0.2) is 0 Å². The molecule has 0 spiro atoms. The molecule has 0 saturated carbocycles. The molecule has 2 N–H and O–H groups in total. The lowest BCUT2D eigenvalue weighted by atomic mass is 10.4. The van der Waals surface area contributed by atoms with Gasteiger partial charge in [-0.3, -0.25) is 4.79 Å². The minimum atomic E-state index is -0.362. The van der Waals surface area contributed by atoms with Crippen molar-refractivity contribution in [2.75, 3.05) is 20.2 Å². The number of hydrogen-bond donors (Lipinski definition) is 2. The van der Waals surface area contributed by atoms with E-state index in [1.165, 1.54) is 0 Å². The molecule has 0 aliphatic carbocycles. The third kappa shape index (κ3) is 6.54. The molecule has 1 unspecified atom stereocenters. The summed E-state index contributed by atoms with van der Waals surface area (Å²) in [5.74, 6) is -0.0791. The molecule has 0 rings (SSSR count). The molecule has 13 heavy (non-hydrogen) atoms. The second kappa shape index (κ2) is 6.86. The standard InChI is InChI=1S/C9H20N2O2/c1-7(2)11-5-6-13-8(3)9(12)10-4/h7-8,11H,5-6H2,1-4H3,(H,10,12). The zero-order chi connectivity index (χ0) is 10.3. The Balaban J connectivity index is 3.37. The van der Waals surface area contributed by atoms with Crippen molar-refractivity contribution in [3.05, 3.63) is 0 Å². The fourth-order valence-corrected chi connectivity index (χ4v) is 0.862. The maximum atomic E-state index is 11.0. The monoisotopic (exact) mass is 188 g/mol. The summed E-state index contributed by atoms with van der Waals surface area (Å²) in [6, 6.07) is 0.457. The molecule has 0 aliphatic heterocycles. The molecule has 4 nitrogen and oxygen atoms in total. The van der Waals surface area contributed by atoms with E-state index in [4.69, 9.17) is 4.74 Å². The van der Waals surface area contributed by atoms with E-state index in [0.717, 1.165) is 6.54 Å². The molecule has 4 heteroatoms. The first kappa shape index (κ1) is 12.4. The minimum absolute atomic E-state index is 0.0791. The van der Waals surface area contributed by atoms with E-state index >= 15 is 0 Å². The van der Waals surface area contributed by atoms with Crippen molar-refractivity contribution in [1.82, 2.24) is 10.6 Å². The first-order valence-electron chi connectivity index (χ1n) is 4.64. The molecule has 0 radical (unpaired) electrons. The Labute approximate surface area is 80.0 Å². The van der Waals surface area contributed by atoms with Gasteiger partial charge < -0.3 is 15.4 Å². The first-order valence-corrected chi connectivity index (χ1v) is 4.64. The van der Waals surface area contributed by atoms with E-state index in [1.807, 2.05) is 0 Å². The predicted octanol–water partition coefficient (Wildman–Crippen LogP) is 0.135. The lowest BCUT2D eigenvalue weighted by Crippen LogP contribution is -2.34. The van der Waals surface area contributed by atoms with Gasteiger partial charge in [-0.25, -0.2) is 0 Å². The van der Waals surface area contributed by atoms with Crippen molar-refractivity contribution in [2.24, 2.45) is 0 Å². The predicted molar refractivity (Wildman–Crippen MR) is 52.6 cm³/mol. The van der Waals surface area contributed by atoms with Crippen LogP contribution in [0.15, 0.2) is 0 Å². The third-order valence-electron chi connectivity index (χ3n) is 1.64. The van der Waals surface area contributed by atoms with Crippen LogP contribution in [-0.2, 0) is 9.53 Å². The SMILES string of the molecule is CNC(=O)C(C)OCCNC(C)C. The number of carbonyl (C=O) groups excluding carboxylic acids is 1. The third-order valence-corrected chi connectivity index (χ3v) is 1.64. The number of carbonyl (C=O) groups is 1. The molecule has 0 aromatic heterocycles. The van der Waals surface area contributed by atoms with Crippen molar-refractivity contribution >= 4 is 5.91 Å². The quantitative estimate of drug-likeness (QED) is 0.583. The number of rotatable bonds is 6. The van der Waals surface area contributed by atoms with E-state index in [-0.39, 0.29) is 12.0 Å². The maximum Gasteiger partial charge on any atom is 0.248 e. The largest absolute Gasteiger partial charge is 0.367 e. The van der Waals surface area contributed by atoms with Crippen LogP contribution in [0, 0.1) is 0 Å². The van der Waals surface area contributed by atoms with Gasteiger partial charge in [0, 0.05) is 19.6 Å². The van der Waals surface area contributed by atoms with Crippen molar-refractivity contribution in [3.8, 4) is 0 Å². The highest BCUT2D eigenvalue weighted by Crippen LogP contribution is 1.89. The van der Waals surface area contributed by atoms with Crippen LogP contribution in [0.1, 0.15) is 20.8 Å². The molecule has 0 aliphatic rings. The highest BCUT2D eigenvalue weighted by atomic mass is 16.5. The van der Waals surface area contributed by atoms with Crippen LogP contribution in [-0.4, -0.2) is 38.3 Å². The molecular formula is C9H20N2O2. The number of amides is 1. The van der Waals surface area contributed by atoms with Gasteiger partial charge in [0.1, 0.15) is 6.10 Å². The molecule has 78 valence electrons. The van der Waals surface area contributed by atoms with Crippen LogP contribution in [0.2, 0.25) is 0 Å². The molecule has 0 aromatic carbocycles. The van der Waals surface area contributed by atoms with E-state index in [9.17, 15) is 4.79 Å². The Morgan fingerprint density at radius 3 is 2.46 bits per heavy atom. The fourth-order valence-electron chi connectivity index (χ4n) is 0.862. The second-order valence-electron chi connectivity index (χ2n) is 3.24. The summed E-state index contributed by atoms with van der Waals surface area (Å²) in [7, 11) is 1.61. The van der Waals surface area contributed by atoms with Gasteiger partial charge in [0.05, 0.1) is 6.61 Å². The fraction of sp³-hybridized carbons (Fsp3) is 0.889. The Morgan fingerprint density at radius 1 is 1.38 bits per heavy atom. The summed E-state index contributed by atoms with van der Waals surface area (Å²) in [4.78, 5) is 11.0. The molecule has 0 saturated heterocycles. The van der Waals surface area contributed by atoms with Gasteiger partial charge in [-0.2, -0.15) is 0 Å². The Kier molecular flexibility index (Phi) is 6.54. The number of hydrogen-bond acceptors (Lipinski definition) is 3. The van der Waals surface area contributed by atoms with Crippen molar-refractivity contribution in [2.45, 2.75) is 32.9 Å². The summed E-state index contributed by atoms with van der Waals surface area (Å²) in [5.41, 5.74) is 0. The zero-order valence-corrected chi connectivity index (χ0v) is 8.89. The minimum Gasteiger partial charge on any atom is -0.367 e. The number of likely N-dealkylation sites (N-methyl/N-ethyl adjacent to an activating group) is 1. The lowest BCUT2D eigenvalue weighted by Gasteiger charge is -2.12. The van der Waals surface area contributed by atoms with Gasteiger partial charge >= 0.3 is 0 Å². The van der Waals surface area contributed by atoms with Gasteiger partial charge in [-0.05, 0) is 6.92 Å². The van der Waals surface area contributed by atoms with Gasteiger partial charge in [0.2, 0.25) is 5.91 Å². The first-order chi connectivity index (χ1) is 6.07. The van der Waals surface area contributed by atoms with E-state index in [0.29, 0.717) is 12.6 Å². The Morgan fingerprint density at radius 2 is 2.00 bits per heavy atom. The summed E-state index contributed by atoms with van der Waals surface area (Å²) in [6.45, 7) is 7.23. The van der Waals surface area contributed by atoms with Gasteiger partial charge in [-0.1, -0.05) is 13.8 Å². The lowest BCUT2D eigenvalue weighted by molar-refractivity contribution is -0.131. The highest BCUT2D eigenvalue weighted by molar-refractivity contribution is 5.79. The molecule has 0 bridgehead atoms. The van der Waals surface area contributed by atoms with Crippen molar-refractivity contribution < 1.29 is 9.53 Å². The summed E-state index contributed by atoms with van der Waals surface area (Å²) >= 11 is 0. The van der Waals surface area contributed by atoms with Crippen LogP contribution < -0.4 is 10.6 Å². The van der Waals surface area contributed by atoms with Crippen LogP contribution in [0.4, 0.5) is 0 Å². The smallest absolute Gasteiger partial charge is 0.248 e. The van der Waals surface area contributed by atoms with Crippen LogP contribution in [0.25, 0.3) is 0 Å². The maximum absolute atomic E-state index is 11.0. The number of nitrogens with one attached hydrogen (secondary N) is 2.